The molecule has 1 saturated heterocycles. The SMILES string of the molecule is CO[PH](=O)N1CCCCC1=O. The second-order valence-corrected chi connectivity index (χ2v) is 3.95. The van der Waals surface area contributed by atoms with Gasteiger partial charge in [-0.2, -0.15) is 0 Å². The molecule has 4 nitrogen and oxygen atoms in total. The Balaban J connectivity index is 2.54. The molecule has 0 aromatic rings. The van der Waals surface area contributed by atoms with Crippen molar-refractivity contribution in [1.82, 2.24) is 4.67 Å². The summed E-state index contributed by atoms with van der Waals surface area (Å²) in [5.41, 5.74) is 0. The van der Waals surface area contributed by atoms with Crippen molar-refractivity contribution in [2.75, 3.05) is 13.7 Å². The number of carbonyl (C=O) groups is 1. The van der Waals surface area contributed by atoms with Crippen LogP contribution in [-0.2, 0) is 13.9 Å². The Hall–Kier alpha value is -0.340. The molecule has 0 aliphatic carbocycles. The minimum absolute atomic E-state index is 0.0398. The lowest BCUT2D eigenvalue weighted by Crippen LogP contribution is -2.29. The van der Waals surface area contributed by atoms with E-state index in [0.717, 1.165) is 12.8 Å². The summed E-state index contributed by atoms with van der Waals surface area (Å²) in [5, 5.41) is 0. The van der Waals surface area contributed by atoms with Gasteiger partial charge in [0.1, 0.15) is 0 Å². The second-order valence-electron chi connectivity index (χ2n) is 2.47. The number of carbonyl (C=O) groups excluding carboxylic acids is 1. The molecule has 0 aromatic heterocycles. The van der Waals surface area contributed by atoms with Crippen LogP contribution in [0.2, 0.25) is 0 Å². The molecule has 1 heterocycles. The fourth-order valence-corrected chi connectivity index (χ4v) is 1.99. The van der Waals surface area contributed by atoms with Crippen LogP contribution in [0.1, 0.15) is 19.3 Å². The molecule has 11 heavy (non-hydrogen) atoms. The molecular weight excluding hydrogens is 165 g/mol. The molecule has 0 saturated carbocycles. The van der Waals surface area contributed by atoms with E-state index in [0.29, 0.717) is 13.0 Å². The molecule has 0 aromatic carbocycles. The molecule has 1 amide bonds. The van der Waals surface area contributed by atoms with Crippen molar-refractivity contribution < 1.29 is 13.9 Å². The smallest absolute Gasteiger partial charge is 0.286 e. The quantitative estimate of drug-likeness (QED) is 0.592. The Morgan fingerprint density at radius 2 is 2.27 bits per heavy atom. The number of hydrogen-bond donors (Lipinski definition) is 0. The van der Waals surface area contributed by atoms with E-state index in [4.69, 9.17) is 0 Å². The van der Waals surface area contributed by atoms with Gasteiger partial charge in [-0.3, -0.25) is 14.0 Å². The molecular formula is C6H12NO3P. The van der Waals surface area contributed by atoms with Crippen LogP contribution in [0.5, 0.6) is 0 Å². The first kappa shape index (κ1) is 8.75. The van der Waals surface area contributed by atoms with E-state index in [1.165, 1.54) is 11.8 Å². The van der Waals surface area contributed by atoms with E-state index < -0.39 is 8.18 Å². The maximum absolute atomic E-state index is 11.1. The van der Waals surface area contributed by atoms with Crippen LogP contribution in [0.4, 0.5) is 0 Å². The summed E-state index contributed by atoms with van der Waals surface area (Å²) in [7, 11) is -0.880. The normalized spacial score (nSPS) is 21.9. The average molecular weight is 177 g/mol. The Kier molecular flexibility index (Phi) is 3.09. The summed E-state index contributed by atoms with van der Waals surface area (Å²) in [5.74, 6) is -0.0398. The maximum Gasteiger partial charge on any atom is 0.286 e. The second kappa shape index (κ2) is 3.88. The van der Waals surface area contributed by atoms with Crippen LogP contribution < -0.4 is 0 Å². The zero-order chi connectivity index (χ0) is 8.27. The predicted octanol–water partition coefficient (Wildman–Crippen LogP) is 1.03. The molecule has 1 aliphatic rings. The Morgan fingerprint density at radius 1 is 1.55 bits per heavy atom. The average Bonchev–Trinajstić information content (AvgIpc) is 2.04. The fourth-order valence-electron chi connectivity index (χ4n) is 1.11. The largest absolute Gasteiger partial charge is 0.319 e. The Bertz CT molecular complexity index is 175. The van der Waals surface area contributed by atoms with Crippen molar-refractivity contribution in [2.45, 2.75) is 19.3 Å². The van der Waals surface area contributed by atoms with Crippen LogP contribution in [0.25, 0.3) is 0 Å². The van der Waals surface area contributed by atoms with E-state index in [2.05, 4.69) is 4.52 Å². The van der Waals surface area contributed by atoms with Gasteiger partial charge in [-0.25, -0.2) is 0 Å². The lowest BCUT2D eigenvalue weighted by atomic mass is 10.2. The third-order valence-electron chi connectivity index (χ3n) is 1.72. The third kappa shape index (κ3) is 2.04. The van der Waals surface area contributed by atoms with E-state index in [1.54, 1.807) is 0 Å². The Labute approximate surface area is 66.4 Å². The standard InChI is InChI=1S/C6H12NO3P/c1-10-11(9)7-5-3-2-4-6(7)8/h11H,2-5H2,1H3. The highest BCUT2D eigenvalue weighted by atomic mass is 31.1. The van der Waals surface area contributed by atoms with Crippen LogP contribution in [0.15, 0.2) is 0 Å². The molecule has 1 aliphatic heterocycles. The molecule has 1 rings (SSSR count). The van der Waals surface area contributed by atoms with Gasteiger partial charge in [0.25, 0.3) is 8.18 Å². The van der Waals surface area contributed by atoms with Crippen molar-refractivity contribution in [3.63, 3.8) is 0 Å². The summed E-state index contributed by atoms with van der Waals surface area (Å²) in [6.45, 7) is 0.588. The van der Waals surface area contributed by atoms with Gasteiger partial charge in [-0.05, 0) is 12.8 Å². The minimum Gasteiger partial charge on any atom is -0.319 e. The molecule has 1 unspecified atom stereocenters. The number of rotatable bonds is 2. The van der Waals surface area contributed by atoms with Crippen molar-refractivity contribution in [2.24, 2.45) is 0 Å². The van der Waals surface area contributed by atoms with Crippen LogP contribution in [0, 0.1) is 0 Å². The molecule has 64 valence electrons. The van der Waals surface area contributed by atoms with Gasteiger partial charge < -0.3 is 4.52 Å². The van der Waals surface area contributed by atoms with E-state index in [-0.39, 0.29) is 5.91 Å². The van der Waals surface area contributed by atoms with Crippen molar-refractivity contribution in [3.8, 4) is 0 Å². The molecule has 0 bridgehead atoms. The zero-order valence-electron chi connectivity index (χ0n) is 6.50. The Morgan fingerprint density at radius 3 is 2.82 bits per heavy atom. The molecule has 5 heteroatoms. The van der Waals surface area contributed by atoms with Crippen molar-refractivity contribution >= 4 is 14.1 Å². The lowest BCUT2D eigenvalue weighted by Gasteiger charge is -2.24. The lowest BCUT2D eigenvalue weighted by molar-refractivity contribution is -0.128. The summed E-state index contributed by atoms with van der Waals surface area (Å²) < 4.78 is 17.0. The predicted molar refractivity (Wildman–Crippen MR) is 41.6 cm³/mol. The third-order valence-corrected chi connectivity index (χ3v) is 2.98. The first-order chi connectivity index (χ1) is 5.25. The number of amides is 1. The first-order valence-corrected chi connectivity index (χ1v) is 4.90. The van der Waals surface area contributed by atoms with Gasteiger partial charge in [0.15, 0.2) is 0 Å². The molecule has 1 fully saturated rings. The summed E-state index contributed by atoms with van der Waals surface area (Å²) in [4.78, 5) is 11.1. The summed E-state index contributed by atoms with van der Waals surface area (Å²) in [6, 6.07) is 0. The van der Waals surface area contributed by atoms with Crippen molar-refractivity contribution in [3.05, 3.63) is 0 Å². The number of nitrogens with zero attached hydrogens (tertiary/aromatic N) is 1. The van der Waals surface area contributed by atoms with Gasteiger partial charge in [0.05, 0.1) is 0 Å². The zero-order valence-corrected chi connectivity index (χ0v) is 7.50. The van der Waals surface area contributed by atoms with E-state index >= 15 is 0 Å². The van der Waals surface area contributed by atoms with Crippen LogP contribution >= 0.6 is 8.18 Å². The minimum atomic E-state index is -2.24. The van der Waals surface area contributed by atoms with E-state index in [1.807, 2.05) is 0 Å². The highest BCUT2D eigenvalue weighted by Crippen LogP contribution is 2.30. The van der Waals surface area contributed by atoms with E-state index in [9.17, 15) is 9.36 Å². The monoisotopic (exact) mass is 177 g/mol. The first-order valence-electron chi connectivity index (χ1n) is 3.64. The molecule has 0 spiro atoms. The fraction of sp³-hybridized carbons (Fsp3) is 0.833. The summed E-state index contributed by atoms with van der Waals surface area (Å²) >= 11 is 0. The topological polar surface area (TPSA) is 46.6 Å². The van der Waals surface area contributed by atoms with Gasteiger partial charge in [-0.1, -0.05) is 0 Å². The molecule has 1 atom stereocenters. The highest BCUT2D eigenvalue weighted by Gasteiger charge is 2.21. The van der Waals surface area contributed by atoms with Crippen LogP contribution in [0.3, 0.4) is 0 Å². The number of hydrogen-bond acceptors (Lipinski definition) is 3. The molecule has 0 N–H and O–H groups in total. The summed E-state index contributed by atoms with van der Waals surface area (Å²) in [6.07, 6.45) is 2.36. The molecule has 0 radical (unpaired) electrons. The van der Waals surface area contributed by atoms with Gasteiger partial charge in [0.2, 0.25) is 5.91 Å². The van der Waals surface area contributed by atoms with Crippen LogP contribution in [-0.4, -0.2) is 24.2 Å². The van der Waals surface area contributed by atoms with Crippen molar-refractivity contribution in [1.29, 1.82) is 0 Å². The van der Waals surface area contributed by atoms with Gasteiger partial charge in [-0.15, -0.1) is 0 Å². The highest BCUT2D eigenvalue weighted by molar-refractivity contribution is 7.37. The number of piperidine rings is 1. The maximum atomic E-state index is 11.1. The van der Waals surface area contributed by atoms with Gasteiger partial charge >= 0.3 is 0 Å². The van der Waals surface area contributed by atoms with Gasteiger partial charge in [0, 0.05) is 20.1 Å².